The van der Waals surface area contributed by atoms with Crippen LogP contribution in [0.1, 0.15) is 24.6 Å². The largest absolute Gasteiger partial charge is 0.417 e. The zero-order valence-electron chi connectivity index (χ0n) is 11.4. The number of nitrogens with one attached hydrogen (secondary N) is 1. The van der Waals surface area contributed by atoms with Crippen molar-refractivity contribution in [3.05, 3.63) is 46.5 Å². The number of hydrogen-bond donors (Lipinski definition) is 1. The van der Waals surface area contributed by atoms with Gasteiger partial charge in [0.25, 0.3) is 0 Å². The van der Waals surface area contributed by atoms with Crippen LogP contribution in [0.25, 0.3) is 0 Å². The van der Waals surface area contributed by atoms with Crippen molar-refractivity contribution >= 4 is 21.6 Å². The lowest BCUT2D eigenvalue weighted by atomic mass is 10.2. The predicted molar refractivity (Wildman–Crippen MR) is 79.0 cm³/mol. The number of imidazole rings is 1. The van der Waals surface area contributed by atoms with Gasteiger partial charge < -0.3 is 9.88 Å². The Morgan fingerprint density at radius 1 is 1.33 bits per heavy atom. The van der Waals surface area contributed by atoms with Gasteiger partial charge in [0.05, 0.1) is 24.1 Å². The van der Waals surface area contributed by atoms with E-state index in [1.165, 1.54) is 6.07 Å². The van der Waals surface area contributed by atoms with Gasteiger partial charge in [0.1, 0.15) is 0 Å². The minimum Gasteiger partial charge on any atom is -0.379 e. The molecule has 114 valence electrons. The van der Waals surface area contributed by atoms with E-state index in [4.69, 9.17) is 0 Å². The van der Waals surface area contributed by atoms with Gasteiger partial charge in [-0.3, -0.25) is 0 Å². The van der Waals surface area contributed by atoms with E-state index in [1.807, 2.05) is 4.57 Å². The molecule has 0 fully saturated rings. The second-order valence-electron chi connectivity index (χ2n) is 4.62. The third-order valence-corrected chi connectivity index (χ3v) is 3.70. The van der Waals surface area contributed by atoms with Gasteiger partial charge in [0.2, 0.25) is 0 Å². The minimum absolute atomic E-state index is 0.0385. The van der Waals surface area contributed by atoms with Crippen molar-refractivity contribution in [1.82, 2.24) is 9.55 Å². The average Bonchev–Trinajstić information content (AvgIpc) is 2.84. The topological polar surface area (TPSA) is 29.9 Å². The molecule has 0 atom stereocenters. The maximum atomic E-state index is 12.8. The quantitative estimate of drug-likeness (QED) is 0.837. The fourth-order valence-electron chi connectivity index (χ4n) is 1.98. The number of aryl methyl sites for hydroxylation is 1. The Labute approximate surface area is 129 Å². The van der Waals surface area contributed by atoms with E-state index in [0.29, 0.717) is 12.2 Å². The summed E-state index contributed by atoms with van der Waals surface area (Å²) >= 11 is 2.93. The zero-order valence-corrected chi connectivity index (χ0v) is 13.0. The van der Waals surface area contributed by atoms with E-state index in [-0.39, 0.29) is 4.47 Å². The highest BCUT2D eigenvalue weighted by Gasteiger charge is 2.33. The molecule has 21 heavy (non-hydrogen) atoms. The summed E-state index contributed by atoms with van der Waals surface area (Å²) in [6.45, 7) is 3.33. The first-order chi connectivity index (χ1) is 9.91. The van der Waals surface area contributed by atoms with E-state index < -0.39 is 11.7 Å². The molecule has 3 nitrogen and oxygen atoms in total. The van der Waals surface area contributed by atoms with Crippen LogP contribution in [0, 0.1) is 0 Å². The van der Waals surface area contributed by atoms with Gasteiger partial charge in [-0.1, -0.05) is 22.9 Å². The second-order valence-corrected chi connectivity index (χ2v) is 5.48. The first kappa shape index (κ1) is 15.9. The average molecular weight is 362 g/mol. The lowest BCUT2D eigenvalue weighted by Gasteiger charge is -2.13. The molecule has 0 aliphatic carbocycles. The van der Waals surface area contributed by atoms with Crippen molar-refractivity contribution in [2.75, 3.05) is 5.32 Å². The third-order valence-electron chi connectivity index (χ3n) is 3.01. The van der Waals surface area contributed by atoms with E-state index in [2.05, 4.69) is 33.2 Å². The van der Waals surface area contributed by atoms with Crippen molar-refractivity contribution in [1.29, 1.82) is 0 Å². The first-order valence-corrected chi connectivity index (χ1v) is 7.30. The molecular weight excluding hydrogens is 347 g/mol. The Morgan fingerprint density at radius 3 is 2.76 bits per heavy atom. The smallest absolute Gasteiger partial charge is 0.379 e. The highest BCUT2D eigenvalue weighted by Crippen LogP contribution is 2.36. The summed E-state index contributed by atoms with van der Waals surface area (Å²) in [5.41, 5.74) is 0.678. The summed E-state index contributed by atoms with van der Waals surface area (Å²) in [6.07, 6.45) is 0.0375. The Bertz CT molecular complexity index is 608. The van der Waals surface area contributed by atoms with Crippen LogP contribution in [0.2, 0.25) is 0 Å². The summed E-state index contributed by atoms with van der Waals surface area (Å²) in [5.74, 6) is 0. The van der Waals surface area contributed by atoms with Gasteiger partial charge >= 0.3 is 6.18 Å². The maximum absolute atomic E-state index is 12.8. The van der Waals surface area contributed by atoms with Gasteiger partial charge in [-0.25, -0.2) is 4.98 Å². The molecule has 0 unspecified atom stereocenters. The van der Waals surface area contributed by atoms with E-state index in [0.717, 1.165) is 24.7 Å². The van der Waals surface area contributed by atoms with Gasteiger partial charge in [0, 0.05) is 22.9 Å². The maximum Gasteiger partial charge on any atom is 0.417 e. The Kier molecular flexibility index (Phi) is 4.92. The summed E-state index contributed by atoms with van der Waals surface area (Å²) in [6, 6.07) is 4.11. The third kappa shape index (κ3) is 4.00. The van der Waals surface area contributed by atoms with Crippen LogP contribution in [0.15, 0.2) is 35.2 Å². The Balaban J connectivity index is 2.12. The summed E-state index contributed by atoms with van der Waals surface area (Å²) in [7, 11) is 0. The van der Waals surface area contributed by atoms with Gasteiger partial charge in [-0.15, -0.1) is 0 Å². The second kappa shape index (κ2) is 6.51. The normalized spacial score (nSPS) is 11.7. The van der Waals surface area contributed by atoms with Gasteiger partial charge in [0.15, 0.2) is 0 Å². The van der Waals surface area contributed by atoms with Crippen molar-refractivity contribution in [2.45, 2.75) is 32.6 Å². The Morgan fingerprint density at radius 2 is 2.10 bits per heavy atom. The van der Waals surface area contributed by atoms with Crippen molar-refractivity contribution in [3.63, 3.8) is 0 Å². The van der Waals surface area contributed by atoms with Crippen molar-refractivity contribution in [2.24, 2.45) is 0 Å². The number of alkyl halides is 3. The molecule has 0 amide bonds. The molecule has 0 spiro atoms. The standard InChI is InChI=1S/C14H15BrF3N3/c1-2-5-21-9-19-7-11(21)8-20-10-3-4-13(15)12(6-10)14(16,17)18/h3-4,6-7,9,20H,2,5,8H2,1H3. The van der Waals surface area contributed by atoms with Crippen LogP contribution in [-0.2, 0) is 19.3 Å². The van der Waals surface area contributed by atoms with E-state index >= 15 is 0 Å². The number of halogens is 4. The van der Waals surface area contributed by atoms with E-state index in [1.54, 1.807) is 18.6 Å². The van der Waals surface area contributed by atoms with Crippen LogP contribution in [0.4, 0.5) is 18.9 Å². The van der Waals surface area contributed by atoms with Crippen molar-refractivity contribution in [3.8, 4) is 0 Å². The summed E-state index contributed by atoms with van der Waals surface area (Å²) in [5, 5.41) is 3.00. The number of aromatic nitrogens is 2. The lowest BCUT2D eigenvalue weighted by molar-refractivity contribution is -0.138. The van der Waals surface area contributed by atoms with Gasteiger partial charge in [-0.05, 0) is 24.6 Å². The van der Waals surface area contributed by atoms with Gasteiger partial charge in [-0.2, -0.15) is 13.2 Å². The molecule has 2 aromatic rings. The fraction of sp³-hybridized carbons (Fsp3) is 0.357. The Hall–Kier alpha value is -1.50. The lowest BCUT2D eigenvalue weighted by Crippen LogP contribution is -2.09. The molecule has 0 aliphatic rings. The molecule has 1 N–H and O–H groups in total. The highest BCUT2D eigenvalue weighted by atomic mass is 79.9. The van der Waals surface area contributed by atoms with Crippen LogP contribution in [0.3, 0.4) is 0 Å². The SMILES string of the molecule is CCCn1cncc1CNc1ccc(Br)c(C(F)(F)F)c1. The number of benzene rings is 1. The highest BCUT2D eigenvalue weighted by molar-refractivity contribution is 9.10. The minimum atomic E-state index is -4.37. The summed E-state index contributed by atoms with van der Waals surface area (Å²) in [4.78, 5) is 4.06. The molecule has 0 saturated heterocycles. The number of hydrogen-bond acceptors (Lipinski definition) is 2. The molecular formula is C14H15BrF3N3. The molecule has 0 radical (unpaired) electrons. The molecule has 1 aromatic carbocycles. The predicted octanol–water partition coefficient (Wildman–Crippen LogP) is 4.69. The monoisotopic (exact) mass is 361 g/mol. The van der Waals surface area contributed by atoms with Crippen LogP contribution in [-0.4, -0.2) is 9.55 Å². The first-order valence-electron chi connectivity index (χ1n) is 6.51. The number of anilines is 1. The van der Waals surface area contributed by atoms with E-state index in [9.17, 15) is 13.2 Å². The number of nitrogens with zero attached hydrogens (tertiary/aromatic N) is 2. The molecule has 0 aliphatic heterocycles. The van der Waals surface area contributed by atoms with Crippen LogP contribution in [0.5, 0.6) is 0 Å². The molecule has 0 saturated carbocycles. The molecule has 2 rings (SSSR count). The molecule has 1 aromatic heterocycles. The fourth-order valence-corrected chi connectivity index (χ4v) is 2.45. The molecule has 7 heteroatoms. The van der Waals surface area contributed by atoms with Crippen molar-refractivity contribution < 1.29 is 13.2 Å². The van der Waals surface area contributed by atoms with Crippen LogP contribution >= 0.6 is 15.9 Å². The molecule has 1 heterocycles. The van der Waals surface area contributed by atoms with Crippen LogP contribution < -0.4 is 5.32 Å². The zero-order chi connectivity index (χ0) is 15.5. The molecule has 0 bridgehead atoms. The summed E-state index contributed by atoms with van der Waals surface area (Å²) < 4.78 is 40.5. The number of rotatable bonds is 5.